The van der Waals surface area contributed by atoms with E-state index in [0.717, 1.165) is 3.97 Å². The first-order valence-electron chi connectivity index (χ1n) is 5.68. The van der Waals surface area contributed by atoms with Gasteiger partial charge in [0.15, 0.2) is 6.29 Å². The minimum absolute atomic E-state index is 0.186. The Morgan fingerprint density at radius 3 is 2.37 bits per heavy atom. The Labute approximate surface area is 120 Å². The lowest BCUT2D eigenvalue weighted by Crippen LogP contribution is -2.12. The molecule has 1 aromatic carbocycles. The van der Waals surface area contributed by atoms with Crippen molar-refractivity contribution in [3.63, 3.8) is 0 Å². The van der Waals surface area contributed by atoms with Crippen LogP contribution in [0, 0.1) is 0 Å². The molecule has 0 saturated heterocycles. The topological polar surface area (TPSA) is 56.1 Å². The SMILES string of the molecule is CCc1c(C=O)cn(S(=O)(=O)c2ccccc2)c1Br. The molecule has 0 aliphatic heterocycles. The largest absolute Gasteiger partial charge is 0.298 e. The maximum Gasteiger partial charge on any atom is 0.268 e. The molecule has 0 bridgehead atoms. The van der Waals surface area contributed by atoms with Crippen LogP contribution in [0.15, 0.2) is 46.0 Å². The Balaban J connectivity index is 2.66. The average molecular weight is 342 g/mol. The summed E-state index contributed by atoms with van der Waals surface area (Å²) in [5.74, 6) is 0. The van der Waals surface area contributed by atoms with Crippen LogP contribution in [0.5, 0.6) is 0 Å². The van der Waals surface area contributed by atoms with Crippen molar-refractivity contribution in [1.29, 1.82) is 0 Å². The normalized spacial score (nSPS) is 11.5. The second-order valence-electron chi connectivity index (χ2n) is 3.94. The Bertz CT molecular complexity index is 705. The molecule has 0 amide bonds. The molecule has 4 nitrogen and oxygen atoms in total. The van der Waals surface area contributed by atoms with E-state index in [1.165, 1.54) is 18.3 Å². The van der Waals surface area contributed by atoms with Gasteiger partial charge in [0.25, 0.3) is 10.0 Å². The molecule has 1 aromatic heterocycles. The Kier molecular flexibility index (Phi) is 3.91. The molecule has 0 saturated carbocycles. The van der Waals surface area contributed by atoms with E-state index in [4.69, 9.17) is 0 Å². The Hall–Kier alpha value is -1.40. The summed E-state index contributed by atoms with van der Waals surface area (Å²) in [6.45, 7) is 1.87. The molecule has 0 aliphatic carbocycles. The molecule has 0 unspecified atom stereocenters. The number of aldehydes is 1. The number of carbonyl (C=O) groups excluding carboxylic acids is 1. The zero-order valence-electron chi connectivity index (χ0n) is 10.2. The van der Waals surface area contributed by atoms with Gasteiger partial charge in [-0.15, -0.1) is 0 Å². The molecule has 0 fully saturated rings. The fraction of sp³-hybridized carbons (Fsp3) is 0.154. The van der Waals surface area contributed by atoms with Crippen LogP contribution in [-0.2, 0) is 16.4 Å². The molecule has 0 aliphatic rings. The van der Waals surface area contributed by atoms with Gasteiger partial charge in [0.2, 0.25) is 0 Å². The summed E-state index contributed by atoms with van der Waals surface area (Å²) in [4.78, 5) is 11.2. The Morgan fingerprint density at radius 1 is 1.26 bits per heavy atom. The molecule has 0 radical (unpaired) electrons. The minimum atomic E-state index is -3.68. The third-order valence-electron chi connectivity index (χ3n) is 2.83. The Morgan fingerprint density at radius 2 is 1.89 bits per heavy atom. The van der Waals surface area contributed by atoms with E-state index in [9.17, 15) is 13.2 Å². The highest BCUT2D eigenvalue weighted by atomic mass is 79.9. The summed E-state index contributed by atoms with van der Waals surface area (Å²) in [6, 6.07) is 8.11. The number of rotatable bonds is 4. The van der Waals surface area contributed by atoms with E-state index >= 15 is 0 Å². The molecule has 100 valence electrons. The summed E-state index contributed by atoms with van der Waals surface area (Å²) in [7, 11) is -3.68. The maximum absolute atomic E-state index is 12.5. The van der Waals surface area contributed by atoms with E-state index in [-0.39, 0.29) is 4.90 Å². The number of nitrogens with zero attached hydrogens (tertiary/aromatic N) is 1. The third-order valence-corrected chi connectivity index (χ3v) is 5.60. The quantitative estimate of drug-likeness (QED) is 0.803. The van der Waals surface area contributed by atoms with Crippen LogP contribution in [0.4, 0.5) is 0 Å². The molecule has 0 atom stereocenters. The standard InChI is InChI=1S/C13H12BrNO3S/c1-2-12-10(9-16)8-15(13(12)14)19(17,18)11-6-4-3-5-7-11/h3-9H,2H2,1H3. The summed E-state index contributed by atoms with van der Waals surface area (Å²) in [5, 5.41) is 0. The van der Waals surface area contributed by atoms with Crippen molar-refractivity contribution in [1.82, 2.24) is 3.97 Å². The average Bonchev–Trinajstić information content (AvgIpc) is 2.76. The summed E-state index contributed by atoms with van der Waals surface area (Å²) < 4.78 is 26.4. The number of benzene rings is 1. The predicted molar refractivity (Wildman–Crippen MR) is 75.9 cm³/mol. The summed E-state index contributed by atoms with van der Waals surface area (Å²) >= 11 is 3.26. The van der Waals surface area contributed by atoms with Crippen molar-refractivity contribution in [3.8, 4) is 0 Å². The molecular weight excluding hydrogens is 330 g/mol. The van der Waals surface area contributed by atoms with Crippen molar-refractivity contribution in [2.75, 3.05) is 0 Å². The molecule has 2 rings (SSSR count). The second-order valence-corrected chi connectivity index (χ2v) is 6.51. The van der Waals surface area contributed by atoms with E-state index in [0.29, 0.717) is 28.4 Å². The summed E-state index contributed by atoms with van der Waals surface area (Å²) in [6.07, 6.45) is 2.59. The lowest BCUT2D eigenvalue weighted by molar-refractivity contribution is 0.112. The van der Waals surface area contributed by atoms with Crippen molar-refractivity contribution in [3.05, 3.63) is 52.3 Å². The smallest absolute Gasteiger partial charge is 0.268 e. The lowest BCUT2D eigenvalue weighted by atomic mass is 10.2. The van der Waals surface area contributed by atoms with Crippen LogP contribution in [0.2, 0.25) is 0 Å². The van der Waals surface area contributed by atoms with E-state index in [2.05, 4.69) is 15.9 Å². The fourth-order valence-electron chi connectivity index (χ4n) is 1.85. The zero-order chi connectivity index (χ0) is 14.0. The van der Waals surface area contributed by atoms with Gasteiger partial charge >= 0.3 is 0 Å². The van der Waals surface area contributed by atoms with Crippen LogP contribution in [0.1, 0.15) is 22.8 Å². The highest BCUT2D eigenvalue weighted by Crippen LogP contribution is 2.27. The van der Waals surface area contributed by atoms with Crippen LogP contribution < -0.4 is 0 Å². The van der Waals surface area contributed by atoms with Gasteiger partial charge in [0, 0.05) is 11.8 Å². The van der Waals surface area contributed by atoms with E-state index < -0.39 is 10.0 Å². The van der Waals surface area contributed by atoms with Gasteiger partial charge in [-0.25, -0.2) is 12.4 Å². The van der Waals surface area contributed by atoms with Gasteiger partial charge in [0.05, 0.1) is 4.90 Å². The van der Waals surface area contributed by atoms with Gasteiger partial charge < -0.3 is 0 Å². The van der Waals surface area contributed by atoms with Crippen LogP contribution in [-0.4, -0.2) is 18.7 Å². The first-order chi connectivity index (χ1) is 9.02. The molecule has 0 N–H and O–H groups in total. The van der Waals surface area contributed by atoms with Gasteiger partial charge in [-0.2, -0.15) is 0 Å². The number of aromatic nitrogens is 1. The molecule has 0 spiro atoms. The second kappa shape index (κ2) is 5.30. The van der Waals surface area contributed by atoms with Gasteiger partial charge in [-0.1, -0.05) is 25.1 Å². The predicted octanol–water partition coefficient (Wildman–Crippen LogP) is 2.86. The van der Waals surface area contributed by atoms with Crippen LogP contribution >= 0.6 is 15.9 Å². The van der Waals surface area contributed by atoms with Gasteiger partial charge in [0.1, 0.15) is 4.60 Å². The third kappa shape index (κ3) is 2.37. The minimum Gasteiger partial charge on any atom is -0.298 e. The van der Waals surface area contributed by atoms with Crippen molar-refractivity contribution in [2.45, 2.75) is 18.2 Å². The van der Waals surface area contributed by atoms with Crippen molar-refractivity contribution in [2.24, 2.45) is 0 Å². The zero-order valence-corrected chi connectivity index (χ0v) is 12.6. The fourth-order valence-corrected chi connectivity index (χ4v) is 4.33. The molecule has 6 heteroatoms. The van der Waals surface area contributed by atoms with Gasteiger partial charge in [-0.3, -0.25) is 4.79 Å². The maximum atomic E-state index is 12.5. The van der Waals surface area contributed by atoms with Crippen LogP contribution in [0.25, 0.3) is 0 Å². The number of hydrogen-bond acceptors (Lipinski definition) is 3. The summed E-state index contributed by atoms with van der Waals surface area (Å²) in [5.41, 5.74) is 1.07. The highest BCUT2D eigenvalue weighted by molar-refractivity contribution is 9.10. The number of carbonyl (C=O) groups is 1. The molecule has 1 heterocycles. The van der Waals surface area contributed by atoms with Crippen LogP contribution in [0.3, 0.4) is 0 Å². The van der Waals surface area contributed by atoms with Gasteiger partial charge in [-0.05, 0) is 40.0 Å². The highest BCUT2D eigenvalue weighted by Gasteiger charge is 2.22. The number of halogens is 1. The molecule has 2 aromatic rings. The molecular formula is C13H12BrNO3S. The van der Waals surface area contributed by atoms with E-state index in [1.807, 2.05) is 6.92 Å². The lowest BCUT2D eigenvalue weighted by Gasteiger charge is -2.07. The molecule has 19 heavy (non-hydrogen) atoms. The first-order valence-corrected chi connectivity index (χ1v) is 7.91. The van der Waals surface area contributed by atoms with E-state index in [1.54, 1.807) is 18.2 Å². The van der Waals surface area contributed by atoms with Crippen molar-refractivity contribution < 1.29 is 13.2 Å². The van der Waals surface area contributed by atoms with Crippen molar-refractivity contribution >= 4 is 32.2 Å². The monoisotopic (exact) mass is 341 g/mol. The number of hydrogen-bond donors (Lipinski definition) is 0. The first kappa shape index (κ1) is 14.0.